The highest BCUT2D eigenvalue weighted by atomic mass is 35.5. The van der Waals surface area contributed by atoms with Crippen LogP contribution in [0.4, 0.5) is 5.69 Å². The van der Waals surface area contributed by atoms with Gasteiger partial charge in [0.2, 0.25) is 5.91 Å². The van der Waals surface area contributed by atoms with E-state index in [4.69, 9.17) is 21.1 Å². The maximum Gasteiger partial charge on any atom is 0.234 e. The predicted molar refractivity (Wildman–Crippen MR) is 135 cm³/mol. The topological polar surface area (TPSA) is 78.3 Å². The first kappa shape index (κ1) is 23.7. The maximum atomic E-state index is 12.8. The summed E-state index contributed by atoms with van der Waals surface area (Å²) >= 11 is 7.46. The number of hydrogen-bond acceptors (Lipinski definition) is 6. The molecule has 174 valence electrons. The van der Waals surface area contributed by atoms with Crippen LogP contribution in [0.25, 0.3) is 5.69 Å². The fraction of sp³-hybridized carbons (Fsp3) is 0.160. The van der Waals surface area contributed by atoms with Crippen LogP contribution in [0, 0.1) is 0 Å². The summed E-state index contributed by atoms with van der Waals surface area (Å²) in [6.45, 7) is 0. The van der Waals surface area contributed by atoms with Gasteiger partial charge in [-0.15, -0.1) is 10.2 Å². The standard InChI is InChI=1S/C25H23ClN4O3S/c1-32-21-15-20(22(33-2)14-19(21)26)27-24(31)16-34-25-29-28-23(13-17-9-5-3-6-10-17)30(25)18-11-7-4-8-12-18/h3-12,14-15H,13,16H2,1-2H3,(H,27,31). The number of thioether (sulfide) groups is 1. The van der Waals surface area contributed by atoms with Gasteiger partial charge in [0.25, 0.3) is 0 Å². The van der Waals surface area contributed by atoms with Crippen molar-refractivity contribution in [1.29, 1.82) is 0 Å². The molecule has 0 atom stereocenters. The number of nitrogens with one attached hydrogen (secondary N) is 1. The molecular weight excluding hydrogens is 472 g/mol. The number of ether oxygens (including phenoxy) is 2. The number of rotatable bonds is 9. The van der Waals surface area contributed by atoms with Gasteiger partial charge in [0.05, 0.1) is 30.7 Å². The fourth-order valence-electron chi connectivity index (χ4n) is 3.40. The molecule has 34 heavy (non-hydrogen) atoms. The summed E-state index contributed by atoms with van der Waals surface area (Å²) in [5, 5.41) is 12.7. The number of methoxy groups -OCH3 is 2. The zero-order chi connectivity index (χ0) is 23.9. The highest BCUT2D eigenvalue weighted by molar-refractivity contribution is 7.99. The molecule has 0 unspecified atom stereocenters. The van der Waals surface area contributed by atoms with Crippen molar-refractivity contribution in [1.82, 2.24) is 14.8 Å². The van der Waals surface area contributed by atoms with Crippen molar-refractivity contribution >= 4 is 35.0 Å². The Hall–Kier alpha value is -3.49. The number of amides is 1. The number of benzene rings is 3. The highest BCUT2D eigenvalue weighted by Crippen LogP contribution is 2.36. The van der Waals surface area contributed by atoms with Crippen LogP contribution in [0.3, 0.4) is 0 Å². The molecular formula is C25H23ClN4O3S. The van der Waals surface area contributed by atoms with Crippen molar-refractivity contribution in [2.24, 2.45) is 0 Å². The summed E-state index contributed by atoms with van der Waals surface area (Å²) in [5.41, 5.74) is 2.54. The molecule has 9 heteroatoms. The van der Waals surface area contributed by atoms with Crippen LogP contribution in [0.5, 0.6) is 11.5 Å². The van der Waals surface area contributed by atoms with Gasteiger partial charge in [0, 0.05) is 24.2 Å². The van der Waals surface area contributed by atoms with Gasteiger partial charge in [0.15, 0.2) is 5.16 Å². The quantitative estimate of drug-likeness (QED) is 0.320. The molecule has 7 nitrogen and oxygen atoms in total. The van der Waals surface area contributed by atoms with Crippen LogP contribution in [0.1, 0.15) is 11.4 Å². The average molecular weight is 495 g/mol. The maximum absolute atomic E-state index is 12.8. The number of para-hydroxylation sites is 1. The average Bonchev–Trinajstić information content (AvgIpc) is 3.26. The minimum Gasteiger partial charge on any atom is -0.495 e. The SMILES string of the molecule is COc1cc(NC(=O)CSc2nnc(Cc3ccccc3)n2-c2ccccc2)c(OC)cc1Cl. The lowest BCUT2D eigenvalue weighted by Gasteiger charge is -2.13. The summed E-state index contributed by atoms with van der Waals surface area (Å²) in [6, 6.07) is 23.2. The predicted octanol–water partition coefficient (Wildman–Crippen LogP) is 5.26. The zero-order valence-electron chi connectivity index (χ0n) is 18.7. The molecule has 1 amide bonds. The lowest BCUT2D eigenvalue weighted by Crippen LogP contribution is -2.15. The largest absolute Gasteiger partial charge is 0.495 e. The molecule has 0 bridgehead atoms. The minimum atomic E-state index is -0.222. The molecule has 0 fully saturated rings. The van der Waals surface area contributed by atoms with Crippen molar-refractivity contribution in [2.75, 3.05) is 25.3 Å². The third-order valence-corrected chi connectivity index (χ3v) is 6.22. The van der Waals surface area contributed by atoms with E-state index in [9.17, 15) is 4.79 Å². The molecule has 0 aliphatic rings. The second-order valence-electron chi connectivity index (χ2n) is 7.26. The first-order valence-corrected chi connectivity index (χ1v) is 11.8. The Morgan fingerprint density at radius 1 is 0.971 bits per heavy atom. The van der Waals surface area contributed by atoms with Crippen LogP contribution in [-0.2, 0) is 11.2 Å². The van der Waals surface area contributed by atoms with Crippen molar-refractivity contribution in [3.05, 3.63) is 89.2 Å². The molecule has 0 saturated carbocycles. The number of halogens is 1. The van der Waals surface area contributed by atoms with Crippen LogP contribution in [-0.4, -0.2) is 40.6 Å². The Balaban J connectivity index is 1.53. The third-order valence-electron chi connectivity index (χ3n) is 5.00. The summed E-state index contributed by atoms with van der Waals surface area (Å²) in [4.78, 5) is 12.8. The Bertz CT molecular complexity index is 1270. The van der Waals surface area contributed by atoms with Crippen LogP contribution < -0.4 is 14.8 Å². The lowest BCUT2D eigenvalue weighted by atomic mass is 10.1. The third kappa shape index (κ3) is 5.52. The summed E-state index contributed by atoms with van der Waals surface area (Å²) in [6.07, 6.45) is 0.622. The van der Waals surface area contributed by atoms with E-state index >= 15 is 0 Å². The lowest BCUT2D eigenvalue weighted by molar-refractivity contribution is -0.113. The molecule has 0 spiro atoms. The van der Waals surface area contributed by atoms with Gasteiger partial charge in [-0.25, -0.2) is 0 Å². The van der Waals surface area contributed by atoms with Crippen molar-refractivity contribution in [3.63, 3.8) is 0 Å². The van der Waals surface area contributed by atoms with E-state index in [0.717, 1.165) is 17.1 Å². The number of nitrogens with zero attached hydrogens (tertiary/aromatic N) is 3. The Morgan fingerprint density at radius 3 is 2.32 bits per heavy atom. The summed E-state index contributed by atoms with van der Waals surface area (Å²) in [7, 11) is 3.03. The van der Waals surface area contributed by atoms with E-state index in [1.54, 1.807) is 12.1 Å². The van der Waals surface area contributed by atoms with Crippen LogP contribution in [0.2, 0.25) is 5.02 Å². The molecule has 1 heterocycles. The van der Waals surface area contributed by atoms with Crippen molar-refractivity contribution in [2.45, 2.75) is 11.6 Å². The molecule has 4 rings (SSSR count). The molecule has 0 aliphatic heterocycles. The van der Waals surface area contributed by atoms with Crippen LogP contribution >= 0.6 is 23.4 Å². The number of aromatic nitrogens is 3. The minimum absolute atomic E-state index is 0.129. The molecule has 3 aromatic carbocycles. The second-order valence-corrected chi connectivity index (χ2v) is 8.61. The Morgan fingerprint density at radius 2 is 1.65 bits per heavy atom. The van der Waals surface area contributed by atoms with Gasteiger partial charge in [0.1, 0.15) is 17.3 Å². The monoisotopic (exact) mass is 494 g/mol. The molecule has 1 aromatic heterocycles. The Labute approximate surface area is 207 Å². The van der Waals surface area contributed by atoms with Crippen molar-refractivity contribution < 1.29 is 14.3 Å². The molecule has 0 aliphatic carbocycles. The Kier molecular flexibility index (Phi) is 7.72. The van der Waals surface area contributed by atoms with E-state index < -0.39 is 0 Å². The van der Waals surface area contributed by atoms with Gasteiger partial charge in [-0.2, -0.15) is 0 Å². The van der Waals surface area contributed by atoms with Crippen molar-refractivity contribution in [3.8, 4) is 17.2 Å². The van der Waals surface area contributed by atoms with E-state index in [1.807, 2.05) is 53.1 Å². The zero-order valence-corrected chi connectivity index (χ0v) is 20.3. The molecule has 0 saturated heterocycles. The number of carbonyl (C=O) groups is 1. The second kappa shape index (κ2) is 11.1. The fourth-order valence-corrected chi connectivity index (χ4v) is 4.40. The molecule has 0 radical (unpaired) electrons. The first-order valence-electron chi connectivity index (χ1n) is 10.5. The van der Waals surface area contributed by atoms with E-state index in [0.29, 0.717) is 33.8 Å². The van der Waals surface area contributed by atoms with Gasteiger partial charge in [-0.3, -0.25) is 9.36 Å². The van der Waals surface area contributed by atoms with E-state index in [2.05, 4.69) is 27.6 Å². The molecule has 1 N–H and O–H groups in total. The summed E-state index contributed by atoms with van der Waals surface area (Å²) in [5.74, 6) is 1.59. The van der Waals surface area contributed by atoms with Gasteiger partial charge in [-0.05, 0) is 17.7 Å². The first-order chi connectivity index (χ1) is 16.6. The normalized spacial score (nSPS) is 10.7. The number of carbonyl (C=O) groups excluding carboxylic acids is 1. The highest BCUT2D eigenvalue weighted by Gasteiger charge is 2.18. The van der Waals surface area contributed by atoms with Crippen LogP contribution in [0.15, 0.2) is 78.0 Å². The van der Waals surface area contributed by atoms with Gasteiger partial charge < -0.3 is 14.8 Å². The van der Waals surface area contributed by atoms with E-state index in [-0.39, 0.29) is 11.7 Å². The number of anilines is 1. The summed E-state index contributed by atoms with van der Waals surface area (Å²) < 4.78 is 12.6. The van der Waals surface area contributed by atoms with Gasteiger partial charge >= 0.3 is 0 Å². The van der Waals surface area contributed by atoms with E-state index in [1.165, 1.54) is 26.0 Å². The smallest absolute Gasteiger partial charge is 0.234 e. The van der Waals surface area contributed by atoms with Gasteiger partial charge in [-0.1, -0.05) is 71.9 Å². The molecule has 4 aromatic rings. The number of hydrogen-bond donors (Lipinski definition) is 1.